The fourth-order valence-corrected chi connectivity index (χ4v) is 12.0. The molecule has 0 heterocycles. The first-order valence-electron chi connectivity index (χ1n) is 23.7. The topological polar surface area (TPSA) is 0 Å². The fraction of sp³-hybridized carbons (Fsp3) is 0.258. The van der Waals surface area contributed by atoms with Crippen molar-refractivity contribution < 1.29 is 0 Å². The molecule has 62 heavy (non-hydrogen) atoms. The summed E-state index contributed by atoms with van der Waals surface area (Å²) in [6, 6.07) is 67.7. The Morgan fingerprint density at radius 2 is 0.952 bits per heavy atom. The summed E-state index contributed by atoms with van der Waals surface area (Å²) in [5.74, 6) is 0.661. The summed E-state index contributed by atoms with van der Waals surface area (Å²) >= 11 is 0. The Morgan fingerprint density at radius 1 is 0.403 bits per heavy atom. The minimum atomic E-state index is -0.0556. The molecule has 2 aliphatic rings. The van der Waals surface area contributed by atoms with Gasteiger partial charge in [0.1, 0.15) is 0 Å². The molecule has 0 bridgehead atoms. The third-order valence-electron chi connectivity index (χ3n) is 15.5. The van der Waals surface area contributed by atoms with Crippen molar-refractivity contribution in [3.63, 3.8) is 0 Å². The van der Waals surface area contributed by atoms with Gasteiger partial charge in [-0.3, -0.25) is 0 Å². The van der Waals surface area contributed by atoms with Crippen molar-refractivity contribution in [2.75, 3.05) is 0 Å². The van der Waals surface area contributed by atoms with Gasteiger partial charge in [-0.2, -0.15) is 0 Å². The van der Waals surface area contributed by atoms with Crippen LogP contribution >= 0.6 is 0 Å². The van der Waals surface area contributed by atoms with Crippen LogP contribution in [0.5, 0.6) is 0 Å². The van der Waals surface area contributed by atoms with E-state index < -0.39 is 0 Å². The van der Waals surface area contributed by atoms with E-state index in [1.165, 1.54) is 126 Å². The standard InChI is InChI=1S/C62H60/c1-5-61(6-2,51-26-13-10-14-27-51)52-28-20-24-45(41-52)49-38-48(39-50(40-49)46-33-34-58-57-31-17-18-32-59(57)62(7-3,8-4)60(58)42-46)44-23-19-25-47(37-44)54-36-35-53(43-21-11-9-12-22-43)55-29-15-16-30-56(54)55/h10,13-20,23-43H,5-9,11-12,21-22H2,1-4H3. The highest BCUT2D eigenvalue weighted by atomic mass is 14.4. The lowest BCUT2D eigenvalue weighted by molar-refractivity contribution is 0.445. The van der Waals surface area contributed by atoms with Crippen LogP contribution in [0.3, 0.4) is 0 Å². The van der Waals surface area contributed by atoms with E-state index in [2.05, 4.69) is 204 Å². The van der Waals surface area contributed by atoms with Crippen LogP contribution in [-0.2, 0) is 10.8 Å². The molecule has 308 valence electrons. The summed E-state index contributed by atoms with van der Waals surface area (Å²) in [6.45, 7) is 9.44. The molecule has 2 aliphatic carbocycles. The molecular weight excluding hydrogens is 745 g/mol. The molecule has 0 spiro atoms. The third kappa shape index (κ3) is 6.75. The first-order valence-corrected chi connectivity index (χ1v) is 23.7. The maximum absolute atomic E-state index is 2.53. The van der Waals surface area contributed by atoms with Gasteiger partial charge in [-0.05, 0) is 169 Å². The molecule has 0 heteroatoms. The molecule has 0 aromatic heterocycles. The van der Waals surface area contributed by atoms with E-state index in [1.807, 2.05) is 0 Å². The Balaban J connectivity index is 1.13. The molecule has 8 aromatic rings. The second-order valence-corrected chi connectivity index (χ2v) is 18.3. The van der Waals surface area contributed by atoms with E-state index in [9.17, 15) is 0 Å². The third-order valence-corrected chi connectivity index (χ3v) is 15.5. The van der Waals surface area contributed by atoms with Crippen LogP contribution in [0.4, 0.5) is 0 Å². The summed E-state index contributed by atoms with van der Waals surface area (Å²) in [6.07, 6.45) is 10.9. The van der Waals surface area contributed by atoms with Gasteiger partial charge in [0.15, 0.2) is 0 Å². The average Bonchev–Trinajstić information content (AvgIpc) is 3.64. The van der Waals surface area contributed by atoms with Crippen LogP contribution in [0.2, 0.25) is 0 Å². The largest absolute Gasteiger partial charge is 0.0642 e. The maximum Gasteiger partial charge on any atom is 0.0210 e. The van der Waals surface area contributed by atoms with Crippen molar-refractivity contribution in [1.29, 1.82) is 0 Å². The first kappa shape index (κ1) is 40.1. The summed E-state index contributed by atoms with van der Waals surface area (Å²) in [5.41, 5.74) is 20.1. The van der Waals surface area contributed by atoms with Crippen LogP contribution in [-0.4, -0.2) is 0 Å². The van der Waals surface area contributed by atoms with E-state index in [1.54, 1.807) is 0 Å². The van der Waals surface area contributed by atoms with Gasteiger partial charge in [-0.1, -0.05) is 193 Å². The number of hydrogen-bond acceptors (Lipinski definition) is 0. The minimum Gasteiger partial charge on any atom is -0.0642 e. The zero-order valence-corrected chi connectivity index (χ0v) is 37.2. The van der Waals surface area contributed by atoms with Gasteiger partial charge in [-0.15, -0.1) is 0 Å². The highest BCUT2D eigenvalue weighted by molar-refractivity contribution is 5.99. The quantitative estimate of drug-likeness (QED) is 0.122. The van der Waals surface area contributed by atoms with Gasteiger partial charge in [0.25, 0.3) is 0 Å². The molecule has 0 radical (unpaired) electrons. The number of fused-ring (bicyclic) bond motifs is 4. The Kier molecular flexibility index (Phi) is 10.8. The fourth-order valence-electron chi connectivity index (χ4n) is 12.0. The van der Waals surface area contributed by atoms with Crippen molar-refractivity contribution in [3.05, 3.63) is 204 Å². The van der Waals surface area contributed by atoms with Crippen molar-refractivity contribution in [1.82, 2.24) is 0 Å². The van der Waals surface area contributed by atoms with E-state index in [0.717, 1.165) is 25.7 Å². The second kappa shape index (κ2) is 16.7. The van der Waals surface area contributed by atoms with Gasteiger partial charge in [0.2, 0.25) is 0 Å². The number of benzene rings is 8. The Morgan fingerprint density at radius 3 is 1.66 bits per heavy atom. The summed E-state index contributed by atoms with van der Waals surface area (Å²) in [4.78, 5) is 0. The van der Waals surface area contributed by atoms with Crippen molar-refractivity contribution in [2.24, 2.45) is 0 Å². The lowest BCUT2D eigenvalue weighted by atomic mass is 9.70. The predicted molar refractivity (Wildman–Crippen MR) is 266 cm³/mol. The SMILES string of the molecule is CCC(CC)(c1ccccc1)c1cccc(-c2cc(-c3cccc(-c4ccc(C5CCCCC5)c5ccccc45)c3)cc(-c3ccc4c(c3)C(CC)(CC)c3ccccc3-4)c2)c1. The van der Waals surface area contributed by atoms with E-state index in [-0.39, 0.29) is 10.8 Å². The van der Waals surface area contributed by atoms with Crippen LogP contribution in [0, 0.1) is 0 Å². The molecule has 1 fully saturated rings. The van der Waals surface area contributed by atoms with E-state index in [0.29, 0.717) is 5.92 Å². The predicted octanol–water partition coefficient (Wildman–Crippen LogP) is 17.7. The summed E-state index contributed by atoms with van der Waals surface area (Å²) < 4.78 is 0. The molecular formula is C62H60. The van der Waals surface area contributed by atoms with Gasteiger partial charge in [0.05, 0.1) is 0 Å². The molecule has 0 aliphatic heterocycles. The normalized spacial score (nSPS) is 14.8. The molecule has 0 N–H and O–H groups in total. The molecule has 8 aromatic carbocycles. The van der Waals surface area contributed by atoms with Crippen molar-refractivity contribution in [2.45, 2.75) is 102 Å². The molecule has 0 saturated heterocycles. The molecule has 0 atom stereocenters. The molecule has 10 rings (SSSR count). The minimum absolute atomic E-state index is 0.0153. The maximum atomic E-state index is 2.53. The molecule has 1 saturated carbocycles. The highest BCUT2D eigenvalue weighted by Gasteiger charge is 2.40. The molecule has 0 nitrogen and oxygen atoms in total. The van der Waals surface area contributed by atoms with Crippen molar-refractivity contribution in [3.8, 4) is 55.6 Å². The monoisotopic (exact) mass is 804 g/mol. The lowest BCUT2D eigenvalue weighted by Crippen LogP contribution is -2.26. The van der Waals surface area contributed by atoms with Crippen LogP contribution in [0.25, 0.3) is 66.4 Å². The Hall–Kier alpha value is -5.98. The Labute approximate surface area is 370 Å². The zero-order chi connectivity index (χ0) is 42.3. The second-order valence-electron chi connectivity index (χ2n) is 18.3. The van der Waals surface area contributed by atoms with Gasteiger partial charge >= 0.3 is 0 Å². The van der Waals surface area contributed by atoms with Crippen LogP contribution in [0.1, 0.15) is 119 Å². The Bertz CT molecular complexity index is 2880. The summed E-state index contributed by atoms with van der Waals surface area (Å²) in [5, 5.41) is 2.79. The van der Waals surface area contributed by atoms with Crippen LogP contribution in [0.15, 0.2) is 176 Å². The van der Waals surface area contributed by atoms with E-state index >= 15 is 0 Å². The zero-order valence-electron chi connectivity index (χ0n) is 37.2. The van der Waals surface area contributed by atoms with Gasteiger partial charge in [0, 0.05) is 10.8 Å². The number of rotatable bonds is 11. The average molecular weight is 805 g/mol. The smallest absolute Gasteiger partial charge is 0.0210 e. The van der Waals surface area contributed by atoms with Gasteiger partial charge in [-0.25, -0.2) is 0 Å². The lowest BCUT2D eigenvalue weighted by Gasteiger charge is -2.33. The van der Waals surface area contributed by atoms with Gasteiger partial charge < -0.3 is 0 Å². The summed E-state index contributed by atoms with van der Waals surface area (Å²) in [7, 11) is 0. The molecule has 0 unspecified atom stereocenters. The van der Waals surface area contributed by atoms with E-state index in [4.69, 9.17) is 0 Å². The molecule has 0 amide bonds. The van der Waals surface area contributed by atoms with Crippen molar-refractivity contribution >= 4 is 10.8 Å². The number of hydrogen-bond donors (Lipinski definition) is 0. The first-order chi connectivity index (χ1) is 30.5. The van der Waals surface area contributed by atoms with Crippen LogP contribution < -0.4 is 0 Å². The highest BCUT2D eigenvalue weighted by Crippen LogP contribution is 2.54.